The summed E-state index contributed by atoms with van der Waals surface area (Å²) >= 11 is 0. The maximum absolute atomic E-state index is 11.6. The van der Waals surface area contributed by atoms with Crippen LogP contribution in [0.2, 0.25) is 6.32 Å². The van der Waals surface area contributed by atoms with Crippen molar-refractivity contribution in [2.75, 3.05) is 0 Å². The van der Waals surface area contributed by atoms with Gasteiger partial charge in [-0.1, -0.05) is 33.5 Å². The second-order valence-electron chi connectivity index (χ2n) is 3.81. The van der Waals surface area contributed by atoms with Crippen LogP contribution in [0.3, 0.4) is 0 Å². The quantitative estimate of drug-likeness (QED) is 0.534. The molecule has 0 aliphatic rings. The molecule has 10 heavy (non-hydrogen) atoms. The van der Waals surface area contributed by atoms with Crippen LogP contribution < -0.4 is 0 Å². The Hall–Kier alpha value is -0.145. The Balaban J connectivity index is 3.56. The molecule has 4 heteroatoms. The summed E-state index contributed by atoms with van der Waals surface area (Å²) in [7, 11) is 0. The van der Waals surface area contributed by atoms with E-state index in [1.165, 1.54) is 0 Å². The highest BCUT2D eigenvalue weighted by atomic mass is 19.4. The van der Waals surface area contributed by atoms with E-state index in [1.54, 1.807) is 0 Å². The van der Waals surface area contributed by atoms with E-state index in [4.69, 9.17) is 0 Å². The Bertz CT molecular complexity index is 86.5. The fraction of sp³-hybridized carbons (Fsp3) is 1.00. The lowest BCUT2D eigenvalue weighted by atomic mass is 9.76. The van der Waals surface area contributed by atoms with E-state index in [-0.39, 0.29) is 11.8 Å². The number of hydrogen-bond acceptors (Lipinski definition) is 0. The van der Waals surface area contributed by atoms with Crippen molar-refractivity contribution in [2.45, 2.75) is 33.5 Å². The fourth-order valence-corrected chi connectivity index (χ4v) is 0.597. The first-order valence-corrected chi connectivity index (χ1v) is 3.42. The lowest BCUT2D eigenvalue weighted by Crippen LogP contribution is -2.18. The van der Waals surface area contributed by atoms with Crippen LogP contribution in [-0.4, -0.2) is 6.98 Å². The Morgan fingerprint density at radius 2 is 1.50 bits per heavy atom. The van der Waals surface area contributed by atoms with Gasteiger partial charge in [-0.25, -0.2) is 0 Å². The number of hydrogen-bond donors (Lipinski definition) is 0. The summed E-state index contributed by atoms with van der Waals surface area (Å²) in [6.45, 7) is 0.877. The molecule has 0 heterocycles. The van der Waals surface area contributed by atoms with Gasteiger partial charge in [-0.15, -0.1) is 0 Å². The van der Waals surface area contributed by atoms with Crippen LogP contribution in [0.15, 0.2) is 0 Å². The maximum atomic E-state index is 11.6. The highest BCUT2D eigenvalue weighted by Crippen LogP contribution is 2.27. The zero-order valence-corrected chi connectivity index (χ0v) is 6.63. The lowest BCUT2D eigenvalue weighted by Gasteiger charge is -2.22. The van der Waals surface area contributed by atoms with Crippen molar-refractivity contribution in [2.24, 2.45) is 5.41 Å². The molecule has 0 nitrogen and oxygen atoms in total. The molecule has 0 bridgehead atoms. The highest BCUT2D eigenvalue weighted by Gasteiger charge is 2.24. The van der Waals surface area contributed by atoms with Crippen LogP contribution in [0.4, 0.5) is 12.9 Å². The molecule has 0 aromatic heterocycles. The van der Waals surface area contributed by atoms with E-state index in [2.05, 4.69) is 0 Å². The first kappa shape index (κ1) is 9.85. The molecule has 0 saturated carbocycles. The van der Waals surface area contributed by atoms with Crippen LogP contribution in [0.5, 0.6) is 0 Å². The largest absolute Gasteiger partial charge is 0.478 e. The summed E-state index contributed by atoms with van der Waals surface area (Å²) in [6, 6.07) is 0. The lowest BCUT2D eigenvalue weighted by molar-refractivity contribution is 0.367. The van der Waals surface area contributed by atoms with Crippen molar-refractivity contribution in [3.63, 3.8) is 0 Å². The summed E-state index contributed by atoms with van der Waals surface area (Å²) in [5, 5.41) is 0. The second kappa shape index (κ2) is 2.85. The van der Waals surface area contributed by atoms with Gasteiger partial charge in [-0.3, -0.25) is 0 Å². The zero-order valence-electron chi connectivity index (χ0n) is 6.63. The van der Waals surface area contributed by atoms with Crippen LogP contribution in [0, 0.1) is 5.41 Å². The van der Waals surface area contributed by atoms with Crippen molar-refractivity contribution in [3.8, 4) is 0 Å². The summed E-state index contributed by atoms with van der Waals surface area (Å²) < 4.78 is 34.9. The first-order chi connectivity index (χ1) is 4.21. The molecular weight excluding hydrogens is 140 g/mol. The van der Waals surface area contributed by atoms with Gasteiger partial charge in [0.25, 0.3) is 0 Å². The molecule has 0 aliphatic heterocycles. The predicted molar refractivity (Wildman–Crippen MR) is 38.0 cm³/mol. The van der Waals surface area contributed by atoms with Gasteiger partial charge in [0.15, 0.2) is 0 Å². The molecule has 0 aromatic rings. The van der Waals surface area contributed by atoms with Gasteiger partial charge >= 0.3 is 6.98 Å². The van der Waals surface area contributed by atoms with Gasteiger partial charge in [0, 0.05) is 0 Å². The molecule has 0 rings (SSSR count). The maximum Gasteiger partial charge on any atom is 0.478 e. The number of halogens is 3. The molecule has 0 radical (unpaired) electrons. The molecule has 0 unspecified atom stereocenters. The standard InChI is InChI=1S/C6H13BF3/c1-6(2,3)4-5-7(8,9)10/h4-5H2,1-3H3/q-1. The Labute approximate surface area is 59.9 Å². The third kappa shape index (κ3) is 7.85. The highest BCUT2D eigenvalue weighted by molar-refractivity contribution is 6.58. The third-order valence-electron chi connectivity index (χ3n) is 1.22. The van der Waals surface area contributed by atoms with Gasteiger partial charge in [0.05, 0.1) is 0 Å². The van der Waals surface area contributed by atoms with Crippen molar-refractivity contribution in [1.82, 2.24) is 0 Å². The minimum Gasteiger partial charge on any atom is -0.449 e. The van der Waals surface area contributed by atoms with Gasteiger partial charge in [-0.05, 0) is 5.41 Å². The molecule has 0 amide bonds. The van der Waals surface area contributed by atoms with Gasteiger partial charge in [-0.2, -0.15) is 0 Å². The van der Waals surface area contributed by atoms with E-state index < -0.39 is 13.3 Å². The van der Waals surface area contributed by atoms with Crippen LogP contribution in [0.25, 0.3) is 0 Å². The minimum atomic E-state index is -4.57. The molecule has 0 N–H and O–H groups in total. The monoisotopic (exact) mass is 153 g/mol. The van der Waals surface area contributed by atoms with Gasteiger partial charge in [0.2, 0.25) is 0 Å². The van der Waals surface area contributed by atoms with Crippen LogP contribution in [0.1, 0.15) is 27.2 Å². The van der Waals surface area contributed by atoms with E-state index in [9.17, 15) is 12.9 Å². The second-order valence-corrected chi connectivity index (χ2v) is 3.81. The van der Waals surface area contributed by atoms with Crippen molar-refractivity contribution in [3.05, 3.63) is 0 Å². The molecular formula is C6H13BF3-. The van der Waals surface area contributed by atoms with Gasteiger partial charge < -0.3 is 12.9 Å². The first-order valence-electron chi connectivity index (χ1n) is 3.42. The Morgan fingerprint density at radius 3 is 1.60 bits per heavy atom. The zero-order chi connectivity index (χ0) is 8.41. The predicted octanol–water partition coefficient (Wildman–Crippen LogP) is 3.27. The average Bonchev–Trinajstić information content (AvgIpc) is 1.57. The molecule has 0 atom stereocenters. The van der Waals surface area contributed by atoms with Crippen LogP contribution >= 0.6 is 0 Å². The smallest absolute Gasteiger partial charge is 0.449 e. The Kier molecular flexibility index (Phi) is 2.80. The summed E-state index contributed by atoms with van der Waals surface area (Å²) in [4.78, 5) is 0. The van der Waals surface area contributed by atoms with Crippen molar-refractivity contribution >= 4 is 6.98 Å². The van der Waals surface area contributed by atoms with E-state index in [0.29, 0.717) is 0 Å². The summed E-state index contributed by atoms with van der Waals surface area (Å²) in [5.74, 6) is 0. The average molecular weight is 153 g/mol. The summed E-state index contributed by atoms with van der Waals surface area (Å²) in [6.07, 6.45) is -0.375. The molecule has 0 aromatic carbocycles. The SMILES string of the molecule is CC(C)(C)CC[B-](F)(F)F. The number of rotatable bonds is 2. The van der Waals surface area contributed by atoms with E-state index in [0.717, 1.165) is 0 Å². The fourth-order valence-electron chi connectivity index (χ4n) is 0.597. The van der Waals surface area contributed by atoms with Crippen molar-refractivity contribution < 1.29 is 12.9 Å². The minimum absolute atomic E-state index is 0.197. The van der Waals surface area contributed by atoms with E-state index in [1.807, 2.05) is 20.8 Å². The van der Waals surface area contributed by atoms with Gasteiger partial charge in [0.1, 0.15) is 0 Å². The molecule has 0 aliphatic carbocycles. The van der Waals surface area contributed by atoms with E-state index >= 15 is 0 Å². The normalized spacial score (nSPS) is 13.8. The Morgan fingerprint density at radius 1 is 1.10 bits per heavy atom. The van der Waals surface area contributed by atoms with Crippen molar-refractivity contribution in [1.29, 1.82) is 0 Å². The summed E-state index contributed by atoms with van der Waals surface area (Å²) in [5.41, 5.74) is -0.197. The molecule has 0 fully saturated rings. The molecule has 62 valence electrons. The molecule has 0 saturated heterocycles. The topological polar surface area (TPSA) is 0 Å². The van der Waals surface area contributed by atoms with Crippen LogP contribution in [-0.2, 0) is 0 Å². The molecule has 0 spiro atoms. The third-order valence-corrected chi connectivity index (χ3v) is 1.22.